The summed E-state index contributed by atoms with van der Waals surface area (Å²) in [5, 5.41) is 7.00. The molecule has 0 amide bonds. The van der Waals surface area contributed by atoms with E-state index in [0.29, 0.717) is 0 Å². The zero-order valence-corrected chi connectivity index (χ0v) is 6.75. The van der Waals surface area contributed by atoms with E-state index in [2.05, 4.69) is 6.07 Å². The van der Waals surface area contributed by atoms with Crippen molar-refractivity contribution in [2.75, 3.05) is 7.11 Å². The molecule has 0 aliphatic rings. The standard InChI is InChI=1S/C6H5.CH4O.Lu/c1-2-4-6-5-3-1;1-2;/h1-5H;2H,1H3;/q-1;;. The van der Waals surface area contributed by atoms with Gasteiger partial charge in [0.1, 0.15) is 0 Å². The second kappa shape index (κ2) is 11.2. The zero-order valence-electron chi connectivity index (χ0n) is 5.09. The number of rotatable bonds is 0. The van der Waals surface area contributed by atoms with Gasteiger partial charge >= 0.3 is 0 Å². The van der Waals surface area contributed by atoms with E-state index in [-0.39, 0.29) is 36.9 Å². The van der Waals surface area contributed by atoms with E-state index in [1.165, 1.54) is 0 Å². The summed E-state index contributed by atoms with van der Waals surface area (Å²) in [5.74, 6) is 0. The summed E-state index contributed by atoms with van der Waals surface area (Å²) < 4.78 is 0. The Bertz CT molecular complexity index is 80.8. The Labute approximate surface area is 84.9 Å². The molecule has 0 fully saturated rings. The van der Waals surface area contributed by atoms with Gasteiger partial charge in [-0.3, -0.25) is 0 Å². The molecule has 0 heterocycles. The molecule has 0 aliphatic carbocycles. The van der Waals surface area contributed by atoms with Crippen LogP contribution >= 0.6 is 0 Å². The van der Waals surface area contributed by atoms with Gasteiger partial charge in [0, 0.05) is 44.0 Å². The number of aliphatic hydroxyl groups is 1. The maximum atomic E-state index is 7.00. The normalized spacial score (nSPS) is 6.00. The first kappa shape index (κ1) is 12.1. The molecular formula is C7H9LuO-. The van der Waals surface area contributed by atoms with Gasteiger partial charge in [-0.15, -0.1) is 0 Å². The monoisotopic (exact) mass is 284 g/mol. The smallest absolute Gasteiger partial charge is 0.0319 e. The van der Waals surface area contributed by atoms with Crippen molar-refractivity contribution in [3.8, 4) is 0 Å². The van der Waals surface area contributed by atoms with E-state index in [0.717, 1.165) is 7.11 Å². The third kappa shape index (κ3) is 8.41. The number of benzene rings is 1. The van der Waals surface area contributed by atoms with Crippen molar-refractivity contribution in [2.45, 2.75) is 0 Å². The summed E-state index contributed by atoms with van der Waals surface area (Å²) in [6, 6.07) is 12.5. The van der Waals surface area contributed by atoms with Crippen LogP contribution in [-0.4, -0.2) is 12.2 Å². The fraction of sp³-hybridized carbons (Fsp3) is 0.143. The third-order valence-electron chi connectivity index (χ3n) is 0.607. The summed E-state index contributed by atoms with van der Waals surface area (Å²) in [4.78, 5) is 0. The fourth-order valence-corrected chi connectivity index (χ4v) is 0.342. The van der Waals surface area contributed by atoms with Gasteiger partial charge in [-0.25, -0.2) is 0 Å². The molecule has 0 bridgehead atoms. The topological polar surface area (TPSA) is 20.2 Å². The molecule has 0 saturated heterocycles. The second-order valence-electron chi connectivity index (χ2n) is 1.08. The summed E-state index contributed by atoms with van der Waals surface area (Å²) in [7, 11) is 1.00. The quantitative estimate of drug-likeness (QED) is 0.707. The van der Waals surface area contributed by atoms with Crippen LogP contribution in [0, 0.1) is 42.9 Å². The zero-order chi connectivity index (χ0) is 6.24. The van der Waals surface area contributed by atoms with E-state index < -0.39 is 0 Å². The molecule has 0 aromatic heterocycles. The molecule has 0 aliphatic heterocycles. The van der Waals surface area contributed by atoms with Crippen LogP contribution in [0.2, 0.25) is 0 Å². The number of aliphatic hydroxyl groups excluding tert-OH is 1. The Morgan fingerprint density at radius 1 is 1.00 bits per heavy atom. The Kier molecular flexibility index (Phi) is 15.1. The molecule has 1 N–H and O–H groups in total. The molecule has 1 nitrogen and oxygen atoms in total. The SMILES string of the molecule is CO.[Lu].[c-]1ccccc1. The molecule has 1 rings (SSSR count). The van der Waals surface area contributed by atoms with Gasteiger partial charge in [-0.05, 0) is 0 Å². The molecule has 1 radical (unpaired) electrons. The van der Waals surface area contributed by atoms with Crippen LogP contribution in [0.15, 0.2) is 30.3 Å². The average Bonchev–Trinajstić information content (AvgIpc) is 1.96. The third-order valence-corrected chi connectivity index (χ3v) is 0.607. The van der Waals surface area contributed by atoms with E-state index in [1.54, 1.807) is 0 Å². The Hall–Kier alpha value is 0.414. The largest absolute Gasteiger partial charge is 0.400 e. The van der Waals surface area contributed by atoms with Crippen molar-refractivity contribution in [3.05, 3.63) is 36.4 Å². The molecule has 0 atom stereocenters. The van der Waals surface area contributed by atoms with Crippen LogP contribution in [0.5, 0.6) is 0 Å². The van der Waals surface area contributed by atoms with Gasteiger partial charge in [-0.2, -0.15) is 36.4 Å². The van der Waals surface area contributed by atoms with Crippen LogP contribution in [0.3, 0.4) is 0 Å². The van der Waals surface area contributed by atoms with E-state index in [9.17, 15) is 0 Å². The van der Waals surface area contributed by atoms with Crippen molar-refractivity contribution < 1.29 is 42.0 Å². The molecule has 0 unspecified atom stereocenters. The van der Waals surface area contributed by atoms with Crippen LogP contribution in [0.1, 0.15) is 0 Å². The predicted octanol–water partition coefficient (Wildman–Crippen LogP) is 1.10. The Morgan fingerprint density at radius 3 is 1.56 bits per heavy atom. The Balaban J connectivity index is 0. The average molecular weight is 284 g/mol. The molecule has 9 heavy (non-hydrogen) atoms. The minimum Gasteiger partial charge on any atom is -0.400 e. The van der Waals surface area contributed by atoms with Crippen molar-refractivity contribution in [1.29, 1.82) is 0 Å². The molecule has 0 spiro atoms. The maximum Gasteiger partial charge on any atom is 0.0319 e. The molecule has 59 valence electrons. The minimum absolute atomic E-state index is 0. The maximum absolute atomic E-state index is 7.00. The molecular weight excluding hydrogens is 275 g/mol. The number of hydrogen-bond donors (Lipinski definition) is 1. The fourth-order valence-electron chi connectivity index (χ4n) is 0.342. The Morgan fingerprint density at radius 2 is 1.44 bits per heavy atom. The van der Waals surface area contributed by atoms with Crippen LogP contribution in [0.25, 0.3) is 0 Å². The first-order valence-corrected chi connectivity index (χ1v) is 2.36. The molecule has 1 aromatic carbocycles. The minimum atomic E-state index is 0. The summed E-state index contributed by atoms with van der Waals surface area (Å²) in [5.41, 5.74) is 0. The molecule has 1 aromatic rings. The van der Waals surface area contributed by atoms with Crippen LogP contribution in [-0.2, 0) is 0 Å². The van der Waals surface area contributed by atoms with Gasteiger partial charge in [0.05, 0.1) is 0 Å². The molecule has 0 saturated carbocycles. The predicted molar refractivity (Wildman–Crippen MR) is 33.4 cm³/mol. The summed E-state index contributed by atoms with van der Waals surface area (Å²) in [6.07, 6.45) is 0. The van der Waals surface area contributed by atoms with Crippen LogP contribution in [0.4, 0.5) is 0 Å². The van der Waals surface area contributed by atoms with Crippen LogP contribution < -0.4 is 0 Å². The van der Waals surface area contributed by atoms with Gasteiger partial charge in [0.15, 0.2) is 0 Å². The van der Waals surface area contributed by atoms with Gasteiger partial charge in [0.25, 0.3) is 0 Å². The van der Waals surface area contributed by atoms with Gasteiger partial charge in [-0.1, -0.05) is 0 Å². The molecule has 2 heteroatoms. The first-order chi connectivity index (χ1) is 4.00. The number of hydrogen-bond acceptors (Lipinski definition) is 1. The van der Waals surface area contributed by atoms with Crippen molar-refractivity contribution in [3.63, 3.8) is 0 Å². The van der Waals surface area contributed by atoms with Gasteiger partial charge in [0.2, 0.25) is 0 Å². The first-order valence-electron chi connectivity index (χ1n) is 2.36. The van der Waals surface area contributed by atoms with Crippen molar-refractivity contribution >= 4 is 0 Å². The van der Waals surface area contributed by atoms with Gasteiger partial charge < -0.3 is 5.11 Å². The second-order valence-corrected chi connectivity index (χ2v) is 1.08. The van der Waals surface area contributed by atoms with Crippen molar-refractivity contribution in [2.24, 2.45) is 0 Å². The van der Waals surface area contributed by atoms with E-state index >= 15 is 0 Å². The van der Waals surface area contributed by atoms with E-state index in [4.69, 9.17) is 5.11 Å². The van der Waals surface area contributed by atoms with E-state index in [1.807, 2.05) is 30.3 Å². The summed E-state index contributed by atoms with van der Waals surface area (Å²) >= 11 is 0. The van der Waals surface area contributed by atoms with Crippen molar-refractivity contribution in [1.82, 2.24) is 0 Å². The summed E-state index contributed by atoms with van der Waals surface area (Å²) in [6.45, 7) is 0.